The molecule has 0 atom stereocenters. The van der Waals surface area contributed by atoms with Crippen molar-refractivity contribution < 1.29 is 110 Å². The molecule has 55 heavy (non-hydrogen) atoms. The van der Waals surface area contributed by atoms with Crippen LogP contribution < -0.4 is 23.5 Å². The predicted octanol–water partition coefficient (Wildman–Crippen LogP) is 6.80. The molecule has 0 unspecified atom stereocenters. The van der Waals surface area contributed by atoms with Crippen LogP contribution >= 0.6 is 129 Å². The van der Waals surface area contributed by atoms with Crippen LogP contribution in [0.25, 0.3) is 0 Å². The smallest absolute Gasteiger partial charge is 0 e. The summed E-state index contributed by atoms with van der Waals surface area (Å²) < 4.78 is 96.6. The maximum absolute atomic E-state index is 12.4. The molecule has 0 amide bonds. The van der Waals surface area contributed by atoms with E-state index in [9.17, 15) is 29.6 Å². The molecular weight excluding hydrogens is 1880 g/mol. The van der Waals surface area contributed by atoms with Crippen molar-refractivity contribution in [3.05, 3.63) is 86.0 Å². The fraction of sp³-hybridized carbons (Fsp3) is 0.269. The Morgan fingerprint density at radius 2 is 0.964 bits per heavy atom. The second kappa shape index (κ2) is 44.6. The van der Waals surface area contributed by atoms with Crippen molar-refractivity contribution in [1.29, 1.82) is 0 Å². The number of rotatable bonds is 10. The van der Waals surface area contributed by atoms with Crippen LogP contribution in [0.2, 0.25) is 6.32 Å². The molecule has 12 nitrogen and oxygen atoms in total. The molecule has 3 rings (SSSR count). The van der Waals surface area contributed by atoms with Crippen molar-refractivity contribution in [2.45, 2.75) is 36.8 Å². The zero-order valence-electron chi connectivity index (χ0n) is 29.8. The number of hydrogen-bond acceptors (Lipinski definition) is 9. The van der Waals surface area contributed by atoms with Gasteiger partial charge in [0.25, 0.3) is 8.05 Å². The van der Waals surface area contributed by atoms with E-state index in [1.807, 2.05) is 6.92 Å². The van der Waals surface area contributed by atoms with Crippen molar-refractivity contribution >= 4 is 183 Å². The van der Waals surface area contributed by atoms with Gasteiger partial charge in [-0.25, -0.2) is 43.8 Å². The summed E-state index contributed by atoms with van der Waals surface area (Å²) in [6.45, 7) is 4.10. The van der Waals surface area contributed by atoms with E-state index in [2.05, 4.69) is 139 Å². The summed E-state index contributed by atoms with van der Waals surface area (Å²) in [5, 5.41) is 6.50. The number of alkyl halides is 2. The van der Waals surface area contributed by atoms with Crippen molar-refractivity contribution in [3.8, 4) is 11.5 Å². The Kier molecular flexibility index (Phi) is 61.9. The summed E-state index contributed by atoms with van der Waals surface area (Å²) in [6.07, 6.45) is 0.802. The average molecular weight is 1920 g/mol. The van der Waals surface area contributed by atoms with Crippen molar-refractivity contribution in [2.75, 3.05) is 21.1 Å². The third-order valence-electron chi connectivity index (χ3n) is 4.72. The van der Waals surface area contributed by atoms with Gasteiger partial charge in [0.15, 0.2) is 0 Å². The minimum absolute atomic E-state index is 0. The van der Waals surface area contributed by atoms with Gasteiger partial charge in [-0.3, -0.25) is 0 Å². The van der Waals surface area contributed by atoms with Gasteiger partial charge >= 0.3 is 80.4 Å². The Morgan fingerprint density at radius 1 is 0.727 bits per heavy atom. The van der Waals surface area contributed by atoms with Gasteiger partial charge in [0.1, 0.15) is 5.82 Å². The summed E-state index contributed by atoms with van der Waals surface area (Å²) in [5.74, 6) is 0.590. The fourth-order valence-electron chi connectivity index (χ4n) is 2.54. The van der Waals surface area contributed by atoms with E-state index in [0.717, 1.165) is 20.4 Å². The molecule has 0 heterocycles. The first-order chi connectivity index (χ1) is 23.2. The Hall–Kier alpha value is 4.00. The monoisotopic (exact) mass is 1920 g/mol. The number of sulfonamides is 3. The molecule has 3 aromatic rings. The molecule has 29 heteroatoms. The fourth-order valence-corrected chi connectivity index (χ4v) is 4.73. The van der Waals surface area contributed by atoms with E-state index < -0.39 is 35.9 Å². The topological polar surface area (TPSA) is 177 Å². The molecule has 4 N–H and O–H groups in total. The SMILES string of the molecule is CC(I)I.CC[B]Oc1ccc(S(=O)(=O)NC)cc1.CNS(=O)(=O)c1ccc(F)cc1.I.[B]O.[B]Oc1ccc(S(=O)(=O)NC)cc1.[CH3-].[I][V]([I])[I].[V].[W].[W]. The van der Waals surface area contributed by atoms with Gasteiger partial charge < -0.3 is 21.8 Å². The Labute approximate surface area is 453 Å². The summed E-state index contributed by atoms with van der Waals surface area (Å²) >= 11 is 12.0. The molecule has 3 aromatic carbocycles. The number of hydrogen-bond donors (Lipinski definition) is 4. The first kappa shape index (κ1) is 76.3. The second-order valence-corrected chi connectivity index (χ2v) is 55.2. The molecule has 0 saturated carbocycles. The van der Waals surface area contributed by atoms with Gasteiger partial charge in [0.2, 0.25) is 30.1 Å². The van der Waals surface area contributed by atoms with Crippen LogP contribution in [0, 0.1) is 13.2 Å². The Morgan fingerprint density at radius 3 is 1.18 bits per heavy atom. The van der Waals surface area contributed by atoms with Gasteiger partial charge in [-0.15, -0.1) is 24.0 Å². The van der Waals surface area contributed by atoms with Crippen LogP contribution in [-0.4, -0.2) is 76.9 Å². The molecule has 0 aromatic heterocycles. The van der Waals surface area contributed by atoms with Gasteiger partial charge in [0.05, 0.1) is 28.1 Å². The average Bonchev–Trinajstić information content (AvgIpc) is 3.08. The van der Waals surface area contributed by atoms with Crippen LogP contribution in [-0.2, 0) is 95.7 Å². The molecule has 0 bridgehead atoms. The van der Waals surface area contributed by atoms with Crippen molar-refractivity contribution in [2.24, 2.45) is 0 Å². The van der Waals surface area contributed by atoms with E-state index in [1.165, 1.54) is 69.7 Å². The number of halogens is 7. The van der Waals surface area contributed by atoms with Gasteiger partial charge in [-0.05, 0) is 107 Å². The third-order valence-corrected chi connectivity index (χ3v) is 9.01. The van der Waals surface area contributed by atoms with Gasteiger partial charge in [-0.1, -0.05) is 52.1 Å². The van der Waals surface area contributed by atoms with Crippen LogP contribution in [0.3, 0.4) is 0 Å². The molecule has 310 valence electrons. The maximum atomic E-state index is 12.4. The van der Waals surface area contributed by atoms with Crippen LogP contribution in [0.15, 0.2) is 87.5 Å². The summed E-state index contributed by atoms with van der Waals surface area (Å²) in [5.41, 5.74) is 0. The quantitative estimate of drug-likeness (QED) is 0.0736. The molecule has 0 aliphatic carbocycles. The number of nitrogens with one attached hydrogen (secondary N) is 3. The summed E-state index contributed by atoms with van der Waals surface area (Å²) in [6, 6.07) is 16.6. The standard InChI is InChI=1S/C9H13BNO3S.C7H8BNO3S.C7H8FNO2S.C2H4I2.CH3.BHO.4HI.2V.2W/c1-3-10-14-8-4-6-9(7-5-8)15(12,13)11-2;1-9-13(10,11)7-4-2-6(12-8)3-5-7;1-9-12(10,11)7-4-2-6(8)3-5-7;1-2(3)4;;1-2;;;;;;;;/h4-7,11H,3H2,1-2H3;2-5,9H,1H3;2-5,9H,1H3;2H,1H3;1H3;2H;4*1H;;;;/q;;;;-1;;;;;;;+3;;/p-3. The Bertz CT molecular complexity index is 1650. The largest absolute Gasteiger partial charge is 0 e. The first-order valence-electron chi connectivity index (χ1n) is 13.2. The van der Waals surface area contributed by atoms with E-state index >= 15 is 0 Å². The van der Waals surface area contributed by atoms with E-state index in [1.54, 1.807) is 19.6 Å². The predicted molar refractivity (Wildman–Crippen MR) is 261 cm³/mol. The van der Waals surface area contributed by atoms with Crippen LogP contribution in [0.5, 0.6) is 11.5 Å². The molecule has 0 aliphatic rings. The molecule has 6 radical (unpaired) electrons. The first-order valence-corrected chi connectivity index (χ1v) is 33.6. The maximum Gasteiger partial charge on any atom is 0 e. The van der Waals surface area contributed by atoms with Crippen LogP contribution in [0.1, 0.15) is 13.8 Å². The van der Waals surface area contributed by atoms with Crippen LogP contribution in [0.4, 0.5) is 4.39 Å². The minimum atomic E-state index is -3.43. The molecule has 0 aliphatic heterocycles. The molecular formula is C26H38B3FI6N3O9S3V2W2-. The summed E-state index contributed by atoms with van der Waals surface area (Å²) in [4.78, 5) is 0.191. The van der Waals surface area contributed by atoms with E-state index in [-0.39, 0.29) is 112 Å². The minimum Gasteiger partial charge on any atom is 0 e. The number of benzene rings is 3. The van der Waals surface area contributed by atoms with Crippen molar-refractivity contribution in [1.82, 2.24) is 14.2 Å². The van der Waals surface area contributed by atoms with Gasteiger partial charge in [0, 0.05) is 60.7 Å². The molecule has 0 fully saturated rings. The molecule has 0 saturated heterocycles. The zero-order chi connectivity index (χ0) is 39.6. The normalized spacial score (nSPS) is 9.56. The Balaban J connectivity index is -0.0000000862. The third kappa shape index (κ3) is 40.5. The van der Waals surface area contributed by atoms with Gasteiger partial charge in [-0.2, -0.15) is 0 Å². The van der Waals surface area contributed by atoms with E-state index in [4.69, 9.17) is 17.7 Å². The second-order valence-electron chi connectivity index (χ2n) is 8.04. The summed E-state index contributed by atoms with van der Waals surface area (Å²) in [7, 11) is 3.91. The van der Waals surface area contributed by atoms with E-state index in [0.29, 0.717) is 11.5 Å². The zero-order valence-corrected chi connectivity index (χ0v) is 54.0. The molecule has 0 spiro atoms. The van der Waals surface area contributed by atoms with Crippen molar-refractivity contribution in [3.63, 3.8) is 0 Å².